The number of hydrogen-bond donors (Lipinski definition) is 4. The first-order valence-electron chi connectivity index (χ1n) is 14.5. The summed E-state index contributed by atoms with van der Waals surface area (Å²) in [7, 11) is 2.17. The van der Waals surface area contributed by atoms with Crippen molar-refractivity contribution >= 4 is 17.3 Å². The van der Waals surface area contributed by atoms with Crippen LogP contribution < -0.4 is 26.2 Å². The van der Waals surface area contributed by atoms with Crippen LogP contribution in [0.5, 0.6) is 0 Å². The Morgan fingerprint density at radius 2 is 1.82 bits per heavy atom. The third-order valence-corrected chi connectivity index (χ3v) is 9.14. The zero-order valence-corrected chi connectivity index (χ0v) is 22.7. The maximum absolute atomic E-state index is 14.9. The lowest BCUT2D eigenvalue weighted by molar-refractivity contribution is -0.146. The molecular formula is C28H43FN8O. The van der Waals surface area contributed by atoms with E-state index in [4.69, 9.17) is 0 Å². The monoisotopic (exact) mass is 526 g/mol. The minimum atomic E-state index is -0.261. The van der Waals surface area contributed by atoms with Gasteiger partial charge in [0.05, 0.1) is 24.8 Å². The molecule has 5 heterocycles. The van der Waals surface area contributed by atoms with Crippen molar-refractivity contribution in [3.8, 4) is 0 Å². The summed E-state index contributed by atoms with van der Waals surface area (Å²) in [4.78, 5) is 18.3. The molecule has 9 nitrogen and oxygen atoms in total. The normalized spacial score (nSPS) is 36.6. The summed E-state index contributed by atoms with van der Waals surface area (Å²) in [6.07, 6.45) is 6.14. The van der Waals surface area contributed by atoms with E-state index in [1.54, 1.807) is 11.1 Å². The van der Waals surface area contributed by atoms with Gasteiger partial charge in [0.2, 0.25) is 5.91 Å². The number of amides is 1. The van der Waals surface area contributed by atoms with E-state index in [0.717, 1.165) is 57.5 Å². The van der Waals surface area contributed by atoms with Crippen LogP contribution in [0.15, 0.2) is 36.2 Å². The van der Waals surface area contributed by atoms with Crippen molar-refractivity contribution in [2.45, 2.75) is 63.7 Å². The molecule has 1 aromatic carbocycles. The molecule has 1 aromatic rings. The molecule has 5 aliphatic heterocycles. The average Bonchev–Trinajstić information content (AvgIpc) is 3.19. The van der Waals surface area contributed by atoms with Crippen LogP contribution in [-0.4, -0.2) is 91.8 Å². The van der Waals surface area contributed by atoms with Crippen molar-refractivity contribution in [3.63, 3.8) is 0 Å². The van der Waals surface area contributed by atoms with Crippen molar-refractivity contribution in [2.24, 2.45) is 11.8 Å². The van der Waals surface area contributed by atoms with Gasteiger partial charge in [-0.15, -0.1) is 0 Å². The smallest absolute Gasteiger partial charge is 0.244 e. The van der Waals surface area contributed by atoms with E-state index in [1.165, 1.54) is 5.69 Å². The molecule has 0 saturated carbocycles. The van der Waals surface area contributed by atoms with Gasteiger partial charge in [0.15, 0.2) is 0 Å². The van der Waals surface area contributed by atoms with Crippen LogP contribution >= 0.6 is 0 Å². The SMILES string of the molecule is CC1CC/C=C(\F)CN2C(=O)C3CNC(Nc4ccc(N5CCN(C)CC5)cc4)NC3N2C2CCCC1N2. The molecular weight excluding hydrogens is 483 g/mol. The summed E-state index contributed by atoms with van der Waals surface area (Å²) in [6, 6.07) is 8.98. The second-order valence-electron chi connectivity index (χ2n) is 11.7. The fraction of sp³-hybridized carbons (Fsp3) is 0.679. The van der Waals surface area contributed by atoms with Crippen LogP contribution in [0.25, 0.3) is 0 Å². The summed E-state index contributed by atoms with van der Waals surface area (Å²) < 4.78 is 14.9. The number of fused-ring (bicyclic) bond motifs is 6. The molecule has 2 bridgehead atoms. The fourth-order valence-electron chi connectivity index (χ4n) is 6.77. The van der Waals surface area contributed by atoms with Crippen LogP contribution in [0.2, 0.25) is 0 Å². The average molecular weight is 527 g/mol. The van der Waals surface area contributed by atoms with E-state index in [0.29, 0.717) is 24.9 Å². The topological polar surface area (TPSA) is 78.2 Å². The highest BCUT2D eigenvalue weighted by atomic mass is 19.1. The molecule has 4 saturated heterocycles. The van der Waals surface area contributed by atoms with E-state index in [1.807, 2.05) is 0 Å². The number of hydrazine groups is 1. The van der Waals surface area contributed by atoms with Gasteiger partial charge in [0.1, 0.15) is 12.1 Å². The lowest BCUT2D eigenvalue weighted by atomic mass is 9.89. The Bertz CT molecular complexity index is 1010. The minimum absolute atomic E-state index is 0.00942. The van der Waals surface area contributed by atoms with Crippen molar-refractivity contribution in [3.05, 3.63) is 36.2 Å². The van der Waals surface area contributed by atoms with Gasteiger partial charge in [-0.1, -0.05) is 13.0 Å². The van der Waals surface area contributed by atoms with E-state index >= 15 is 0 Å². The number of carbonyl (C=O) groups is 1. The van der Waals surface area contributed by atoms with Gasteiger partial charge < -0.3 is 15.1 Å². The maximum atomic E-state index is 14.9. The lowest BCUT2D eigenvalue weighted by Gasteiger charge is -2.45. The van der Waals surface area contributed by atoms with Crippen molar-refractivity contribution in [1.82, 2.24) is 30.9 Å². The molecule has 38 heavy (non-hydrogen) atoms. The highest BCUT2D eigenvalue weighted by Gasteiger charge is 2.52. The maximum Gasteiger partial charge on any atom is 0.244 e. The zero-order valence-electron chi connectivity index (χ0n) is 22.7. The number of halogens is 1. The Morgan fingerprint density at radius 1 is 1.03 bits per heavy atom. The zero-order chi connectivity index (χ0) is 26.2. The molecule has 0 spiro atoms. The first-order valence-corrected chi connectivity index (χ1v) is 14.5. The Morgan fingerprint density at radius 3 is 2.61 bits per heavy atom. The van der Waals surface area contributed by atoms with Crippen molar-refractivity contribution in [2.75, 3.05) is 56.5 Å². The predicted octanol–water partition coefficient (Wildman–Crippen LogP) is 2.08. The van der Waals surface area contributed by atoms with Gasteiger partial charge in [-0.3, -0.25) is 25.8 Å². The number of rotatable bonds is 3. The Kier molecular flexibility index (Phi) is 7.59. The van der Waals surface area contributed by atoms with Crippen LogP contribution in [0.1, 0.15) is 39.0 Å². The Balaban J connectivity index is 1.17. The molecule has 4 N–H and O–H groups in total. The molecule has 6 atom stereocenters. The largest absolute Gasteiger partial charge is 0.369 e. The van der Waals surface area contributed by atoms with Gasteiger partial charge in [-0.2, -0.15) is 5.01 Å². The molecule has 0 aliphatic carbocycles. The number of carbonyl (C=O) groups excluding carboxylic acids is 1. The third-order valence-electron chi connectivity index (χ3n) is 9.14. The molecule has 0 aromatic heterocycles. The van der Waals surface area contributed by atoms with Crippen LogP contribution in [0.4, 0.5) is 15.8 Å². The third kappa shape index (κ3) is 5.29. The number of anilines is 2. The van der Waals surface area contributed by atoms with Crippen LogP contribution in [0.3, 0.4) is 0 Å². The molecule has 208 valence electrons. The van der Waals surface area contributed by atoms with Crippen LogP contribution in [-0.2, 0) is 4.79 Å². The van der Waals surface area contributed by atoms with Gasteiger partial charge in [-0.05, 0) is 69.3 Å². The van der Waals surface area contributed by atoms with Gasteiger partial charge in [0.25, 0.3) is 0 Å². The van der Waals surface area contributed by atoms with E-state index in [9.17, 15) is 9.18 Å². The first kappa shape index (κ1) is 26.0. The number of nitrogens with one attached hydrogen (secondary N) is 4. The Labute approximate surface area is 225 Å². The number of piperidine rings is 1. The van der Waals surface area contributed by atoms with Gasteiger partial charge in [-0.25, -0.2) is 4.39 Å². The minimum Gasteiger partial charge on any atom is -0.369 e. The van der Waals surface area contributed by atoms with Gasteiger partial charge >= 0.3 is 0 Å². The summed E-state index contributed by atoms with van der Waals surface area (Å²) in [6.45, 7) is 7.07. The molecule has 0 radical (unpaired) electrons. The molecule has 6 unspecified atom stereocenters. The standard InChI is InChI=1S/C28H43FN8O/c1-19-5-3-6-20(29)18-36-27(38)23-17-30-28(33-26(23)37(36)25-8-4-7-24(19)32-25)31-21-9-11-22(12-10-21)35-15-13-34(2)14-16-35/h6,9-12,19,23-26,28,30-33H,3-5,7-8,13-18H2,1-2H3/b20-6-. The molecule has 1 amide bonds. The summed E-state index contributed by atoms with van der Waals surface area (Å²) in [5, 5.41) is 18.3. The fourth-order valence-corrected chi connectivity index (χ4v) is 6.77. The second-order valence-corrected chi connectivity index (χ2v) is 11.7. The summed E-state index contributed by atoms with van der Waals surface area (Å²) in [5.41, 5.74) is 2.26. The predicted molar refractivity (Wildman–Crippen MR) is 148 cm³/mol. The number of allylic oxidation sites excluding steroid dienone is 1. The number of likely N-dealkylation sites (N-methyl/N-ethyl adjacent to an activating group) is 1. The first-order chi connectivity index (χ1) is 18.5. The van der Waals surface area contributed by atoms with Crippen molar-refractivity contribution in [1.29, 1.82) is 0 Å². The summed E-state index contributed by atoms with van der Waals surface area (Å²) in [5.74, 6) is -0.0202. The number of benzene rings is 1. The highest BCUT2D eigenvalue weighted by molar-refractivity contribution is 5.82. The summed E-state index contributed by atoms with van der Waals surface area (Å²) >= 11 is 0. The Hall–Kier alpha value is -2.24. The molecule has 5 aliphatic rings. The number of piperazine rings is 1. The number of nitrogens with zero attached hydrogens (tertiary/aromatic N) is 4. The van der Waals surface area contributed by atoms with Crippen LogP contribution in [0, 0.1) is 11.8 Å². The highest BCUT2D eigenvalue weighted by Crippen LogP contribution is 2.34. The van der Waals surface area contributed by atoms with E-state index < -0.39 is 0 Å². The molecule has 4 fully saturated rings. The molecule has 6 rings (SSSR count). The van der Waals surface area contributed by atoms with Crippen molar-refractivity contribution < 1.29 is 9.18 Å². The second kappa shape index (κ2) is 11.1. The van der Waals surface area contributed by atoms with E-state index in [-0.39, 0.29) is 42.8 Å². The van der Waals surface area contributed by atoms with E-state index in [2.05, 4.69) is 74.3 Å². The quantitative estimate of drug-likeness (QED) is 0.477. The van der Waals surface area contributed by atoms with Gasteiger partial charge in [0, 0.05) is 50.1 Å². The molecule has 10 heteroatoms. The lowest BCUT2D eigenvalue weighted by Crippen LogP contribution is -2.68. The number of hydrogen-bond acceptors (Lipinski definition) is 8.